The molecule has 0 saturated carbocycles. The van der Waals surface area contributed by atoms with Crippen molar-refractivity contribution in [3.63, 3.8) is 0 Å². The van der Waals surface area contributed by atoms with Gasteiger partial charge in [0, 0.05) is 18.8 Å². The van der Waals surface area contributed by atoms with E-state index in [1.807, 2.05) is 24.3 Å². The summed E-state index contributed by atoms with van der Waals surface area (Å²) in [4.78, 5) is 4.39. The first-order chi connectivity index (χ1) is 7.88. The molecule has 0 bridgehead atoms. The van der Waals surface area contributed by atoms with Crippen LogP contribution >= 0.6 is 11.8 Å². The van der Waals surface area contributed by atoms with Crippen LogP contribution in [0.15, 0.2) is 29.3 Å². The first-order valence-corrected chi connectivity index (χ1v) is 6.27. The highest BCUT2D eigenvalue weighted by molar-refractivity contribution is 8.13. The summed E-state index contributed by atoms with van der Waals surface area (Å²) in [5.41, 5.74) is 1.88. The van der Waals surface area contributed by atoms with Gasteiger partial charge < -0.3 is 5.32 Å². The van der Waals surface area contributed by atoms with Crippen LogP contribution in [0.1, 0.15) is 17.5 Å². The molecule has 0 amide bonds. The van der Waals surface area contributed by atoms with Gasteiger partial charge in [-0.05, 0) is 24.1 Å². The molecular weight excluding hydrogens is 218 g/mol. The number of nitrogens with zero attached hydrogens (tertiary/aromatic N) is 2. The van der Waals surface area contributed by atoms with E-state index >= 15 is 0 Å². The van der Waals surface area contributed by atoms with Crippen LogP contribution in [0.25, 0.3) is 0 Å². The zero-order chi connectivity index (χ0) is 11.2. The molecule has 0 saturated heterocycles. The fraction of sp³-hybridized carbons (Fsp3) is 0.333. The van der Waals surface area contributed by atoms with Crippen LogP contribution in [0.3, 0.4) is 0 Å². The summed E-state index contributed by atoms with van der Waals surface area (Å²) < 4.78 is 0. The van der Waals surface area contributed by atoms with Crippen molar-refractivity contribution in [1.29, 1.82) is 5.26 Å². The highest BCUT2D eigenvalue weighted by atomic mass is 32.2. The van der Waals surface area contributed by atoms with Crippen LogP contribution in [-0.2, 0) is 6.54 Å². The SMILES string of the molecule is N#Cc1ccc(CNC2=NCCCS2)cc1. The molecule has 1 aromatic rings. The van der Waals surface area contributed by atoms with Gasteiger partial charge in [-0.25, -0.2) is 0 Å². The lowest BCUT2D eigenvalue weighted by Gasteiger charge is -2.13. The van der Waals surface area contributed by atoms with Crippen LogP contribution in [0.5, 0.6) is 0 Å². The van der Waals surface area contributed by atoms with Gasteiger partial charge in [0.2, 0.25) is 0 Å². The van der Waals surface area contributed by atoms with Crippen LogP contribution < -0.4 is 5.32 Å². The molecule has 3 nitrogen and oxygen atoms in total. The third-order valence-corrected chi connectivity index (χ3v) is 3.36. The Morgan fingerprint density at radius 1 is 1.38 bits per heavy atom. The number of hydrogen-bond acceptors (Lipinski definition) is 4. The zero-order valence-corrected chi connectivity index (χ0v) is 9.76. The highest BCUT2D eigenvalue weighted by Gasteiger charge is 2.04. The molecule has 1 N–H and O–H groups in total. The number of nitriles is 1. The number of aliphatic imine (C=N–C) groups is 1. The maximum absolute atomic E-state index is 8.67. The molecule has 4 heteroatoms. The van der Waals surface area contributed by atoms with Crippen LogP contribution in [-0.4, -0.2) is 17.5 Å². The van der Waals surface area contributed by atoms with Gasteiger partial charge in [0.25, 0.3) is 0 Å². The molecule has 1 aromatic carbocycles. The molecule has 2 rings (SSSR count). The number of hydrogen-bond donors (Lipinski definition) is 1. The summed E-state index contributed by atoms with van der Waals surface area (Å²) >= 11 is 1.78. The summed E-state index contributed by atoms with van der Waals surface area (Å²) in [6.07, 6.45) is 1.17. The average Bonchev–Trinajstić information content (AvgIpc) is 2.38. The van der Waals surface area contributed by atoms with E-state index in [1.165, 1.54) is 12.0 Å². The molecule has 0 fully saturated rings. The van der Waals surface area contributed by atoms with Gasteiger partial charge in [-0.15, -0.1) is 0 Å². The van der Waals surface area contributed by atoms with Gasteiger partial charge in [-0.3, -0.25) is 4.99 Å². The summed E-state index contributed by atoms with van der Waals surface area (Å²) in [6.45, 7) is 1.71. The maximum atomic E-state index is 8.67. The van der Waals surface area contributed by atoms with Gasteiger partial charge in [-0.1, -0.05) is 23.9 Å². The average molecular weight is 231 g/mol. The smallest absolute Gasteiger partial charge is 0.156 e. The Kier molecular flexibility index (Phi) is 3.84. The minimum absolute atomic E-state index is 0.702. The number of rotatable bonds is 2. The van der Waals surface area contributed by atoms with Crippen molar-refractivity contribution >= 4 is 16.9 Å². The molecule has 0 aromatic heterocycles. The van der Waals surface area contributed by atoms with E-state index in [4.69, 9.17) is 5.26 Å². The molecule has 1 aliphatic heterocycles. The lowest BCUT2D eigenvalue weighted by molar-refractivity contribution is 0.880. The van der Waals surface area contributed by atoms with E-state index in [9.17, 15) is 0 Å². The Bertz CT molecular complexity index is 417. The second kappa shape index (κ2) is 5.57. The van der Waals surface area contributed by atoms with E-state index in [-0.39, 0.29) is 0 Å². The van der Waals surface area contributed by atoms with Crippen molar-refractivity contribution in [3.8, 4) is 6.07 Å². The van der Waals surface area contributed by atoms with Crippen LogP contribution in [0.2, 0.25) is 0 Å². The summed E-state index contributed by atoms with van der Waals surface area (Å²) in [6, 6.07) is 9.74. The fourth-order valence-electron chi connectivity index (χ4n) is 1.44. The predicted octanol–water partition coefficient (Wildman–Crippen LogP) is 2.14. The van der Waals surface area contributed by atoms with Gasteiger partial charge in [0.05, 0.1) is 11.6 Å². The lowest BCUT2D eigenvalue weighted by atomic mass is 10.1. The maximum Gasteiger partial charge on any atom is 0.156 e. The van der Waals surface area contributed by atoms with Crippen molar-refractivity contribution in [2.75, 3.05) is 12.3 Å². The minimum atomic E-state index is 0.702. The highest BCUT2D eigenvalue weighted by Crippen LogP contribution is 2.11. The van der Waals surface area contributed by atoms with Crippen molar-refractivity contribution in [2.24, 2.45) is 4.99 Å². The molecule has 0 spiro atoms. The van der Waals surface area contributed by atoms with Crippen LogP contribution in [0.4, 0.5) is 0 Å². The normalized spacial score (nSPS) is 15.1. The van der Waals surface area contributed by atoms with E-state index in [2.05, 4.69) is 16.4 Å². The standard InChI is InChI=1S/C12H13N3S/c13-8-10-2-4-11(5-3-10)9-15-12-14-6-1-7-16-12/h2-5H,1,6-7,9H2,(H,14,15). The van der Waals surface area contributed by atoms with Crippen molar-refractivity contribution in [1.82, 2.24) is 5.32 Å². The molecule has 16 heavy (non-hydrogen) atoms. The van der Waals surface area contributed by atoms with Gasteiger partial charge in [0.1, 0.15) is 0 Å². The first kappa shape index (κ1) is 11.0. The number of amidine groups is 1. The third kappa shape index (κ3) is 3.01. The van der Waals surface area contributed by atoms with Crippen LogP contribution in [0, 0.1) is 11.3 Å². The second-order valence-corrected chi connectivity index (χ2v) is 4.63. The number of benzene rings is 1. The van der Waals surface area contributed by atoms with Gasteiger partial charge in [-0.2, -0.15) is 5.26 Å². The third-order valence-electron chi connectivity index (χ3n) is 2.32. The number of thioether (sulfide) groups is 1. The Morgan fingerprint density at radius 2 is 2.19 bits per heavy atom. The molecule has 0 unspecified atom stereocenters. The summed E-state index contributed by atoms with van der Waals surface area (Å²) in [5.74, 6) is 1.15. The molecule has 0 aliphatic carbocycles. The molecular formula is C12H13N3S. The van der Waals surface area contributed by atoms with E-state index in [0.29, 0.717) is 5.56 Å². The largest absolute Gasteiger partial charge is 0.361 e. The molecule has 0 radical (unpaired) electrons. The quantitative estimate of drug-likeness (QED) is 0.848. The van der Waals surface area contributed by atoms with Gasteiger partial charge in [0.15, 0.2) is 5.17 Å². The Labute approximate surface area is 99.6 Å². The van der Waals surface area contributed by atoms with Crippen molar-refractivity contribution < 1.29 is 0 Å². The first-order valence-electron chi connectivity index (χ1n) is 5.28. The van der Waals surface area contributed by atoms with E-state index < -0.39 is 0 Å². The summed E-state index contributed by atoms with van der Waals surface area (Å²) in [5, 5.41) is 13.0. The van der Waals surface area contributed by atoms with E-state index in [0.717, 1.165) is 24.0 Å². The van der Waals surface area contributed by atoms with E-state index in [1.54, 1.807) is 11.8 Å². The number of nitrogens with one attached hydrogen (secondary N) is 1. The Hall–Kier alpha value is -1.47. The summed E-state index contributed by atoms with van der Waals surface area (Å²) in [7, 11) is 0. The molecule has 1 heterocycles. The molecule has 1 aliphatic rings. The van der Waals surface area contributed by atoms with Crippen molar-refractivity contribution in [2.45, 2.75) is 13.0 Å². The Balaban J connectivity index is 1.89. The second-order valence-electron chi connectivity index (χ2n) is 3.55. The minimum Gasteiger partial charge on any atom is -0.361 e. The fourth-order valence-corrected chi connectivity index (χ4v) is 2.26. The lowest BCUT2D eigenvalue weighted by Crippen LogP contribution is -2.22. The monoisotopic (exact) mass is 231 g/mol. The Morgan fingerprint density at radius 3 is 2.81 bits per heavy atom. The predicted molar refractivity (Wildman–Crippen MR) is 67.4 cm³/mol. The zero-order valence-electron chi connectivity index (χ0n) is 8.94. The van der Waals surface area contributed by atoms with Crippen molar-refractivity contribution in [3.05, 3.63) is 35.4 Å². The molecule has 82 valence electrons. The molecule has 0 atom stereocenters. The van der Waals surface area contributed by atoms with Gasteiger partial charge >= 0.3 is 0 Å². The topological polar surface area (TPSA) is 48.2 Å².